The summed E-state index contributed by atoms with van der Waals surface area (Å²) in [5.74, 6) is 0.604. The molecule has 0 radical (unpaired) electrons. The van der Waals surface area contributed by atoms with Gasteiger partial charge in [0.1, 0.15) is 0 Å². The molecule has 3 rings (SSSR count). The van der Waals surface area contributed by atoms with Crippen LogP contribution in [0.2, 0.25) is 0 Å². The number of nitrogens with zero attached hydrogens (tertiary/aromatic N) is 3. The van der Waals surface area contributed by atoms with Crippen molar-refractivity contribution in [2.24, 2.45) is 0 Å². The number of aryl methyl sites for hydroxylation is 1. The number of nitrogens with one attached hydrogen (secondary N) is 2. The number of benzene rings is 2. The van der Waals surface area contributed by atoms with Crippen molar-refractivity contribution in [2.45, 2.75) is 32.1 Å². The zero-order valence-corrected chi connectivity index (χ0v) is 17.2. The highest BCUT2D eigenvalue weighted by molar-refractivity contribution is 7.99. The lowest BCUT2D eigenvalue weighted by Crippen LogP contribution is -2.24. The molecular weight excluding hydrogens is 386 g/mol. The monoisotopic (exact) mass is 409 g/mol. The summed E-state index contributed by atoms with van der Waals surface area (Å²) in [4.78, 5) is 24.4. The molecule has 150 valence electrons. The predicted octanol–water partition coefficient (Wildman–Crippen LogP) is 3.27. The van der Waals surface area contributed by atoms with Crippen LogP contribution in [0, 0.1) is 6.92 Å². The maximum absolute atomic E-state index is 12.2. The molecule has 2 aromatic carbocycles. The third-order valence-electron chi connectivity index (χ3n) is 4.22. The number of thioether (sulfide) groups is 1. The number of aromatic nitrogens is 3. The second-order valence-corrected chi connectivity index (χ2v) is 7.34. The van der Waals surface area contributed by atoms with Gasteiger partial charge in [-0.15, -0.1) is 10.2 Å². The predicted molar refractivity (Wildman–Crippen MR) is 114 cm³/mol. The second kappa shape index (κ2) is 9.88. The first-order valence-corrected chi connectivity index (χ1v) is 10.3. The lowest BCUT2D eigenvalue weighted by Gasteiger charge is -2.09. The van der Waals surface area contributed by atoms with Gasteiger partial charge < -0.3 is 15.2 Å². The molecule has 8 heteroatoms. The van der Waals surface area contributed by atoms with E-state index in [0.29, 0.717) is 23.1 Å². The molecule has 0 saturated heterocycles. The highest BCUT2D eigenvalue weighted by Gasteiger charge is 2.14. The maximum atomic E-state index is 12.2. The highest BCUT2D eigenvalue weighted by atomic mass is 32.2. The average molecular weight is 410 g/mol. The van der Waals surface area contributed by atoms with E-state index in [9.17, 15) is 9.59 Å². The normalized spacial score (nSPS) is 10.6. The summed E-state index contributed by atoms with van der Waals surface area (Å²) >= 11 is 1.32. The van der Waals surface area contributed by atoms with E-state index in [1.807, 2.05) is 60.9 Å². The van der Waals surface area contributed by atoms with Crippen LogP contribution in [0.25, 0.3) is 0 Å². The first-order chi connectivity index (χ1) is 14.1. The van der Waals surface area contributed by atoms with Gasteiger partial charge in [0.15, 0.2) is 11.0 Å². The van der Waals surface area contributed by atoms with Gasteiger partial charge in [0.05, 0.1) is 12.3 Å². The molecule has 0 fully saturated rings. The third kappa shape index (κ3) is 5.68. The Labute approximate surface area is 173 Å². The molecule has 1 heterocycles. The van der Waals surface area contributed by atoms with Gasteiger partial charge in [0.2, 0.25) is 5.91 Å². The smallest absolute Gasteiger partial charge is 0.251 e. The fraction of sp³-hybridized carbons (Fsp3) is 0.238. The van der Waals surface area contributed by atoms with E-state index in [1.165, 1.54) is 11.8 Å². The quantitative estimate of drug-likeness (QED) is 0.558. The van der Waals surface area contributed by atoms with Crippen LogP contribution < -0.4 is 10.6 Å². The molecular formula is C21H23N5O2S. The number of amides is 2. The van der Waals surface area contributed by atoms with Gasteiger partial charge in [-0.2, -0.15) is 0 Å². The summed E-state index contributed by atoms with van der Waals surface area (Å²) in [5.41, 5.74) is 2.50. The molecule has 0 saturated carbocycles. The fourth-order valence-electron chi connectivity index (χ4n) is 2.69. The van der Waals surface area contributed by atoms with E-state index in [4.69, 9.17) is 0 Å². The molecule has 0 aliphatic rings. The van der Waals surface area contributed by atoms with Gasteiger partial charge in [-0.1, -0.05) is 47.7 Å². The maximum Gasteiger partial charge on any atom is 0.251 e. The molecule has 0 aliphatic carbocycles. The topological polar surface area (TPSA) is 88.9 Å². The molecule has 0 aliphatic heterocycles. The van der Waals surface area contributed by atoms with Gasteiger partial charge >= 0.3 is 0 Å². The van der Waals surface area contributed by atoms with Gasteiger partial charge in [-0.05, 0) is 38.1 Å². The Morgan fingerprint density at radius 2 is 1.76 bits per heavy atom. The third-order valence-corrected chi connectivity index (χ3v) is 5.19. The van der Waals surface area contributed by atoms with Crippen LogP contribution in [0.15, 0.2) is 59.8 Å². The van der Waals surface area contributed by atoms with Gasteiger partial charge in [-0.25, -0.2) is 0 Å². The van der Waals surface area contributed by atoms with E-state index in [2.05, 4.69) is 20.8 Å². The van der Waals surface area contributed by atoms with Crippen LogP contribution in [-0.2, 0) is 17.9 Å². The number of hydrogen-bond acceptors (Lipinski definition) is 5. The van der Waals surface area contributed by atoms with Crippen molar-refractivity contribution < 1.29 is 9.59 Å². The van der Waals surface area contributed by atoms with Crippen LogP contribution in [0.3, 0.4) is 0 Å². The fourth-order valence-corrected chi connectivity index (χ4v) is 3.51. The van der Waals surface area contributed by atoms with Crippen molar-refractivity contribution in [1.29, 1.82) is 0 Å². The number of anilines is 1. The van der Waals surface area contributed by atoms with E-state index < -0.39 is 0 Å². The van der Waals surface area contributed by atoms with Crippen LogP contribution in [0.4, 0.5) is 5.69 Å². The summed E-state index contributed by atoms with van der Waals surface area (Å²) in [6, 6.07) is 16.7. The molecule has 29 heavy (non-hydrogen) atoms. The average Bonchev–Trinajstić information content (AvgIpc) is 3.14. The number of carbonyl (C=O) groups is 2. The molecule has 0 spiro atoms. The Balaban J connectivity index is 1.55. The first kappa shape index (κ1) is 20.6. The Hall–Kier alpha value is -3.13. The largest absolute Gasteiger partial charge is 0.345 e. The Morgan fingerprint density at radius 1 is 1.03 bits per heavy atom. The van der Waals surface area contributed by atoms with Crippen LogP contribution in [0.1, 0.15) is 28.7 Å². The molecule has 1 aromatic heterocycles. The Morgan fingerprint density at radius 3 is 2.45 bits per heavy atom. The zero-order chi connectivity index (χ0) is 20.6. The van der Waals surface area contributed by atoms with Gasteiger partial charge in [0, 0.05) is 17.8 Å². The van der Waals surface area contributed by atoms with Crippen molar-refractivity contribution >= 4 is 29.3 Å². The summed E-state index contributed by atoms with van der Waals surface area (Å²) in [7, 11) is 0. The summed E-state index contributed by atoms with van der Waals surface area (Å²) in [6.07, 6.45) is 0. The highest BCUT2D eigenvalue weighted by Crippen LogP contribution is 2.18. The van der Waals surface area contributed by atoms with Crippen molar-refractivity contribution in [1.82, 2.24) is 20.1 Å². The van der Waals surface area contributed by atoms with Crippen molar-refractivity contribution in [3.63, 3.8) is 0 Å². The summed E-state index contributed by atoms with van der Waals surface area (Å²) < 4.78 is 1.90. The molecule has 2 N–H and O–H groups in total. The van der Waals surface area contributed by atoms with E-state index in [0.717, 1.165) is 11.3 Å². The minimum atomic E-state index is -0.164. The minimum absolute atomic E-state index is 0.108. The van der Waals surface area contributed by atoms with Crippen LogP contribution >= 0.6 is 11.8 Å². The van der Waals surface area contributed by atoms with E-state index in [-0.39, 0.29) is 24.1 Å². The van der Waals surface area contributed by atoms with Crippen molar-refractivity contribution in [2.75, 3.05) is 11.1 Å². The van der Waals surface area contributed by atoms with Gasteiger partial charge in [0.25, 0.3) is 5.91 Å². The number of carbonyl (C=O) groups excluding carboxylic acids is 2. The zero-order valence-electron chi connectivity index (χ0n) is 16.4. The molecule has 0 unspecified atom stereocenters. The number of rotatable bonds is 8. The van der Waals surface area contributed by atoms with Crippen LogP contribution in [0.5, 0.6) is 0 Å². The standard InChI is InChI=1S/C21H23N5O2S/c1-3-26-18(13-22-20(28)16-7-5-4-6-8-16)24-25-21(26)29-14-19(27)23-17-11-9-15(2)10-12-17/h4-12H,3,13-14H2,1-2H3,(H,22,28)(H,23,27). The number of hydrogen-bond donors (Lipinski definition) is 2. The van der Waals surface area contributed by atoms with Crippen LogP contribution in [-0.4, -0.2) is 32.3 Å². The molecule has 3 aromatic rings. The van der Waals surface area contributed by atoms with E-state index >= 15 is 0 Å². The first-order valence-electron chi connectivity index (χ1n) is 9.31. The Kier molecular flexibility index (Phi) is 7.02. The summed E-state index contributed by atoms with van der Waals surface area (Å²) in [6.45, 7) is 4.89. The van der Waals surface area contributed by atoms with Gasteiger partial charge in [-0.3, -0.25) is 9.59 Å². The minimum Gasteiger partial charge on any atom is -0.345 e. The second-order valence-electron chi connectivity index (χ2n) is 6.39. The van der Waals surface area contributed by atoms with Crippen molar-refractivity contribution in [3.8, 4) is 0 Å². The summed E-state index contributed by atoms with van der Waals surface area (Å²) in [5, 5.41) is 14.7. The lowest BCUT2D eigenvalue weighted by atomic mass is 10.2. The Bertz CT molecular complexity index is 970. The SMILES string of the molecule is CCn1c(CNC(=O)c2ccccc2)nnc1SCC(=O)Nc1ccc(C)cc1. The molecule has 0 atom stereocenters. The van der Waals surface area contributed by atoms with E-state index in [1.54, 1.807) is 12.1 Å². The lowest BCUT2D eigenvalue weighted by molar-refractivity contribution is -0.113. The molecule has 2 amide bonds. The molecule has 7 nitrogen and oxygen atoms in total. The molecule has 0 bridgehead atoms. The van der Waals surface area contributed by atoms with Crippen molar-refractivity contribution in [3.05, 3.63) is 71.5 Å².